The standard InChI is InChI=1S/C19H24F3NO2/c1-18(2,3)25-17(24)23-9-8-11-4-6-13-15-10-12(19(20,21)22)5-7-14(15)16(11)13/h5,7,10-11,13,16H,4,6,8-9H2,1-3H3,(H,23,24)/t11-,13+,16+/m1/s1. The van der Waals surface area contributed by atoms with Crippen LogP contribution in [0, 0.1) is 5.92 Å². The minimum atomic E-state index is -4.28. The van der Waals surface area contributed by atoms with E-state index in [2.05, 4.69) is 5.32 Å². The van der Waals surface area contributed by atoms with Gasteiger partial charge < -0.3 is 10.1 Å². The smallest absolute Gasteiger partial charge is 0.416 e. The number of carbonyl (C=O) groups is 1. The van der Waals surface area contributed by atoms with Crippen LogP contribution in [0.5, 0.6) is 0 Å². The van der Waals surface area contributed by atoms with Gasteiger partial charge in [0.25, 0.3) is 0 Å². The van der Waals surface area contributed by atoms with Gasteiger partial charge in [-0.25, -0.2) is 4.79 Å². The molecule has 0 radical (unpaired) electrons. The van der Waals surface area contributed by atoms with Crippen LogP contribution in [0.1, 0.15) is 68.6 Å². The van der Waals surface area contributed by atoms with Crippen molar-refractivity contribution in [3.05, 3.63) is 34.9 Å². The Kier molecular flexibility index (Phi) is 4.50. The second-order valence-corrected chi connectivity index (χ2v) is 8.03. The molecule has 2 aliphatic carbocycles. The largest absolute Gasteiger partial charge is 0.444 e. The number of ether oxygens (including phenoxy) is 1. The molecule has 0 unspecified atom stereocenters. The summed E-state index contributed by atoms with van der Waals surface area (Å²) in [6.45, 7) is 5.97. The molecule has 6 heteroatoms. The van der Waals surface area contributed by atoms with Crippen LogP contribution in [0.3, 0.4) is 0 Å². The molecule has 3 nitrogen and oxygen atoms in total. The molecule has 2 aliphatic rings. The zero-order chi connectivity index (χ0) is 18.4. The molecule has 0 spiro atoms. The third-order valence-electron chi connectivity index (χ3n) is 5.15. The number of alkyl halides is 3. The molecular formula is C19H24F3NO2. The Morgan fingerprint density at radius 2 is 1.92 bits per heavy atom. The predicted molar refractivity (Wildman–Crippen MR) is 88.5 cm³/mol. The average Bonchev–Trinajstić information content (AvgIpc) is 2.79. The van der Waals surface area contributed by atoms with Crippen molar-refractivity contribution in [3.8, 4) is 0 Å². The molecule has 1 N–H and O–H groups in total. The first-order chi connectivity index (χ1) is 11.6. The first-order valence-corrected chi connectivity index (χ1v) is 8.74. The van der Waals surface area contributed by atoms with Crippen molar-refractivity contribution in [2.24, 2.45) is 5.92 Å². The summed E-state index contributed by atoms with van der Waals surface area (Å²) in [5.74, 6) is 0.978. The summed E-state index contributed by atoms with van der Waals surface area (Å²) in [5.41, 5.74) is 0.839. The Morgan fingerprint density at radius 1 is 1.20 bits per heavy atom. The van der Waals surface area contributed by atoms with Gasteiger partial charge in [0.15, 0.2) is 0 Å². The van der Waals surface area contributed by atoms with E-state index in [4.69, 9.17) is 4.74 Å². The van der Waals surface area contributed by atoms with E-state index >= 15 is 0 Å². The van der Waals surface area contributed by atoms with Crippen LogP contribution >= 0.6 is 0 Å². The molecule has 3 rings (SSSR count). The number of benzene rings is 1. The highest BCUT2D eigenvalue weighted by molar-refractivity contribution is 5.67. The van der Waals surface area contributed by atoms with Gasteiger partial charge in [0.2, 0.25) is 0 Å². The Balaban J connectivity index is 1.57. The molecule has 0 aliphatic heterocycles. The lowest BCUT2D eigenvalue weighted by molar-refractivity contribution is -0.137. The lowest BCUT2D eigenvalue weighted by atomic mass is 9.66. The number of amides is 1. The van der Waals surface area contributed by atoms with Gasteiger partial charge in [-0.3, -0.25) is 0 Å². The summed E-state index contributed by atoms with van der Waals surface area (Å²) in [4.78, 5) is 11.7. The highest BCUT2D eigenvalue weighted by Crippen LogP contribution is 2.60. The highest BCUT2D eigenvalue weighted by Gasteiger charge is 2.47. The molecule has 138 valence electrons. The predicted octanol–water partition coefficient (Wildman–Crippen LogP) is 5.21. The van der Waals surface area contributed by atoms with Gasteiger partial charge >= 0.3 is 12.3 Å². The van der Waals surface area contributed by atoms with Crippen LogP contribution < -0.4 is 5.32 Å². The highest BCUT2D eigenvalue weighted by atomic mass is 19.4. The molecule has 1 aromatic carbocycles. The summed E-state index contributed by atoms with van der Waals surface area (Å²) in [5, 5.41) is 2.77. The van der Waals surface area contributed by atoms with E-state index in [0.717, 1.165) is 30.4 Å². The van der Waals surface area contributed by atoms with Crippen LogP contribution in [-0.2, 0) is 10.9 Å². The average molecular weight is 355 g/mol. The SMILES string of the molecule is CC(C)(C)OC(=O)NCC[C@H]1CC[C@H]2c3cc(C(F)(F)F)ccc3[C@@H]12. The van der Waals surface area contributed by atoms with Gasteiger partial charge in [-0.05, 0) is 81.0 Å². The Bertz CT molecular complexity index is 664. The molecule has 25 heavy (non-hydrogen) atoms. The number of hydrogen-bond acceptors (Lipinski definition) is 2. The molecule has 1 fully saturated rings. The second kappa shape index (κ2) is 6.22. The Labute approximate surface area is 145 Å². The van der Waals surface area contributed by atoms with Crippen molar-refractivity contribution in [1.29, 1.82) is 0 Å². The van der Waals surface area contributed by atoms with Crippen molar-refractivity contribution in [3.63, 3.8) is 0 Å². The maximum Gasteiger partial charge on any atom is 0.416 e. The number of alkyl carbamates (subject to hydrolysis) is 1. The summed E-state index contributed by atoms with van der Waals surface area (Å²) in [6, 6.07) is 4.14. The molecule has 0 saturated heterocycles. The monoisotopic (exact) mass is 355 g/mol. The van der Waals surface area contributed by atoms with Crippen molar-refractivity contribution in [2.75, 3.05) is 6.54 Å². The van der Waals surface area contributed by atoms with Gasteiger partial charge in [0, 0.05) is 6.54 Å². The van der Waals surface area contributed by atoms with Crippen LogP contribution in [-0.4, -0.2) is 18.2 Å². The fraction of sp³-hybridized carbons (Fsp3) is 0.632. The molecule has 0 aromatic heterocycles. The van der Waals surface area contributed by atoms with Crippen LogP contribution in [0.25, 0.3) is 0 Å². The van der Waals surface area contributed by atoms with Crippen LogP contribution in [0.4, 0.5) is 18.0 Å². The van der Waals surface area contributed by atoms with Crippen molar-refractivity contribution in [1.82, 2.24) is 5.32 Å². The third-order valence-corrected chi connectivity index (χ3v) is 5.15. The van der Waals surface area contributed by atoms with E-state index in [9.17, 15) is 18.0 Å². The first kappa shape index (κ1) is 18.1. The fourth-order valence-electron chi connectivity index (χ4n) is 4.18. The number of halogens is 3. The minimum absolute atomic E-state index is 0.240. The second-order valence-electron chi connectivity index (χ2n) is 8.03. The molecule has 1 aromatic rings. The number of nitrogens with one attached hydrogen (secondary N) is 1. The van der Waals surface area contributed by atoms with Gasteiger partial charge in [-0.15, -0.1) is 0 Å². The summed E-state index contributed by atoms with van der Waals surface area (Å²) in [7, 11) is 0. The summed E-state index contributed by atoms with van der Waals surface area (Å²) >= 11 is 0. The van der Waals surface area contributed by atoms with Crippen molar-refractivity contribution >= 4 is 6.09 Å². The van der Waals surface area contributed by atoms with E-state index in [0.29, 0.717) is 18.4 Å². The molecule has 0 bridgehead atoms. The Morgan fingerprint density at radius 3 is 2.56 bits per heavy atom. The van der Waals surface area contributed by atoms with Crippen LogP contribution in [0.2, 0.25) is 0 Å². The van der Waals surface area contributed by atoms with E-state index in [1.54, 1.807) is 6.07 Å². The van der Waals surface area contributed by atoms with Gasteiger partial charge in [-0.1, -0.05) is 6.07 Å². The van der Waals surface area contributed by atoms with Crippen LogP contribution in [0.15, 0.2) is 18.2 Å². The quantitative estimate of drug-likeness (QED) is 0.808. The number of fused-ring (bicyclic) bond motifs is 4. The van der Waals surface area contributed by atoms with Crippen molar-refractivity contribution < 1.29 is 22.7 Å². The van der Waals surface area contributed by atoms with Gasteiger partial charge in [0.1, 0.15) is 5.60 Å². The normalized spacial score (nSPS) is 25.0. The van der Waals surface area contributed by atoms with E-state index in [1.807, 2.05) is 20.8 Å². The lowest BCUT2D eigenvalue weighted by Gasteiger charge is -2.38. The zero-order valence-corrected chi connectivity index (χ0v) is 14.7. The summed E-state index contributed by atoms with van der Waals surface area (Å²) in [6.07, 6.45) is -1.97. The molecule has 3 atom stereocenters. The Hall–Kier alpha value is -1.72. The molecular weight excluding hydrogens is 331 g/mol. The minimum Gasteiger partial charge on any atom is -0.444 e. The molecule has 1 saturated carbocycles. The lowest BCUT2D eigenvalue weighted by Crippen LogP contribution is -2.34. The zero-order valence-electron chi connectivity index (χ0n) is 14.7. The third kappa shape index (κ3) is 3.77. The molecule has 1 amide bonds. The topological polar surface area (TPSA) is 38.3 Å². The maximum absolute atomic E-state index is 12.9. The number of carbonyl (C=O) groups excluding carboxylic acids is 1. The van der Waals surface area contributed by atoms with Gasteiger partial charge in [0.05, 0.1) is 5.56 Å². The van der Waals surface area contributed by atoms with Gasteiger partial charge in [-0.2, -0.15) is 13.2 Å². The summed E-state index contributed by atoms with van der Waals surface area (Å²) < 4.78 is 43.8. The maximum atomic E-state index is 12.9. The number of rotatable bonds is 3. The van der Waals surface area contributed by atoms with E-state index < -0.39 is 23.4 Å². The fourth-order valence-corrected chi connectivity index (χ4v) is 4.18. The van der Waals surface area contributed by atoms with Crippen molar-refractivity contribution in [2.45, 2.75) is 63.6 Å². The number of hydrogen-bond donors (Lipinski definition) is 1. The van der Waals surface area contributed by atoms with E-state index in [1.165, 1.54) is 12.1 Å². The molecule has 0 heterocycles. The van der Waals surface area contributed by atoms with E-state index in [-0.39, 0.29) is 5.92 Å². The first-order valence-electron chi connectivity index (χ1n) is 8.74.